The molecule has 0 radical (unpaired) electrons. The van der Waals surface area contributed by atoms with Crippen LogP contribution in [0.5, 0.6) is 0 Å². The number of carbonyl (C=O) groups is 3. The van der Waals surface area contributed by atoms with E-state index in [9.17, 15) is 14.4 Å². The minimum Gasteiger partial charge on any atom is -0.404 e. The second-order valence-corrected chi connectivity index (χ2v) is 14.4. The van der Waals surface area contributed by atoms with Crippen molar-refractivity contribution in [3.63, 3.8) is 0 Å². The number of anilines is 1. The maximum atomic E-state index is 14.0. The smallest absolute Gasteiger partial charge is 0.404 e. The van der Waals surface area contributed by atoms with Gasteiger partial charge in [-0.2, -0.15) is 0 Å². The lowest BCUT2D eigenvalue weighted by Crippen LogP contribution is -2.65. The molecule has 7 atom stereocenters. The zero-order valence-electron chi connectivity index (χ0n) is 27.5. The summed E-state index contributed by atoms with van der Waals surface area (Å²) in [7, 11) is -0.570. The highest BCUT2D eigenvalue weighted by atomic mass is 16.7. The maximum Gasteiger partial charge on any atom is 0.481 e. The van der Waals surface area contributed by atoms with Gasteiger partial charge in [0.2, 0.25) is 17.7 Å². The molecule has 46 heavy (non-hydrogen) atoms. The van der Waals surface area contributed by atoms with Crippen LogP contribution in [0.4, 0.5) is 5.82 Å². The van der Waals surface area contributed by atoms with Crippen LogP contribution in [-0.2, 0) is 30.1 Å². The number of benzene rings is 1. The Hall–Kier alpha value is -3.44. The number of aromatic nitrogens is 1. The molecule has 3 amide bonds. The number of pyridine rings is 1. The van der Waals surface area contributed by atoms with Crippen LogP contribution in [-0.4, -0.2) is 77.5 Å². The molecular formula is C35H48BN5O5. The summed E-state index contributed by atoms with van der Waals surface area (Å²) in [4.78, 5) is 46.0. The van der Waals surface area contributed by atoms with Crippen molar-refractivity contribution in [2.24, 2.45) is 17.3 Å². The Bertz CT molecular complexity index is 1400. The van der Waals surface area contributed by atoms with Crippen molar-refractivity contribution in [2.75, 3.05) is 18.4 Å². The van der Waals surface area contributed by atoms with Gasteiger partial charge in [-0.3, -0.25) is 14.4 Å². The van der Waals surface area contributed by atoms with E-state index < -0.39 is 24.8 Å². The number of hydrogen-bond acceptors (Lipinski definition) is 7. The lowest BCUT2D eigenvalue weighted by molar-refractivity contribution is -0.199. The van der Waals surface area contributed by atoms with E-state index in [1.807, 2.05) is 48.5 Å². The van der Waals surface area contributed by atoms with Gasteiger partial charge in [0.05, 0.1) is 17.6 Å². The van der Waals surface area contributed by atoms with Gasteiger partial charge >= 0.3 is 7.12 Å². The molecule has 3 heterocycles. The van der Waals surface area contributed by atoms with Crippen LogP contribution < -0.4 is 16.0 Å². The molecule has 1 aromatic heterocycles. The van der Waals surface area contributed by atoms with Crippen molar-refractivity contribution in [1.29, 1.82) is 0 Å². The molecule has 5 fully saturated rings. The van der Waals surface area contributed by atoms with Crippen LogP contribution in [0.3, 0.4) is 0 Å². The summed E-state index contributed by atoms with van der Waals surface area (Å²) < 4.78 is 13.4. The highest BCUT2D eigenvalue weighted by Crippen LogP contribution is 2.65. The van der Waals surface area contributed by atoms with E-state index in [0.717, 1.165) is 37.1 Å². The second kappa shape index (κ2) is 13.4. The zero-order chi connectivity index (χ0) is 32.5. The van der Waals surface area contributed by atoms with Gasteiger partial charge < -0.3 is 30.2 Å². The van der Waals surface area contributed by atoms with Crippen molar-refractivity contribution in [1.82, 2.24) is 20.5 Å². The van der Waals surface area contributed by atoms with Gasteiger partial charge in [0, 0.05) is 32.6 Å². The number of rotatable bonds is 12. The summed E-state index contributed by atoms with van der Waals surface area (Å²) in [6, 6.07) is 14.0. The highest BCUT2D eigenvalue weighted by Gasteiger charge is 2.68. The summed E-state index contributed by atoms with van der Waals surface area (Å²) >= 11 is 0. The Balaban J connectivity index is 1.15. The van der Waals surface area contributed by atoms with Crippen LogP contribution in [0.15, 0.2) is 54.7 Å². The number of likely N-dealkylation sites (tertiary alicyclic amines) is 1. The predicted octanol–water partition coefficient (Wildman–Crippen LogP) is 3.76. The largest absolute Gasteiger partial charge is 0.481 e. The van der Waals surface area contributed by atoms with Crippen molar-refractivity contribution in [3.8, 4) is 0 Å². The molecule has 3 saturated carbocycles. The molecule has 11 heteroatoms. The van der Waals surface area contributed by atoms with E-state index in [1.54, 1.807) is 11.1 Å². The van der Waals surface area contributed by atoms with E-state index in [2.05, 4.69) is 41.7 Å². The zero-order valence-corrected chi connectivity index (χ0v) is 27.5. The van der Waals surface area contributed by atoms with Gasteiger partial charge in [0.1, 0.15) is 17.9 Å². The molecule has 1 aromatic carbocycles. The van der Waals surface area contributed by atoms with Crippen LogP contribution in [0, 0.1) is 17.3 Å². The Morgan fingerprint density at radius 2 is 1.85 bits per heavy atom. The Morgan fingerprint density at radius 1 is 1.07 bits per heavy atom. The SMILES string of the molecule is CC(=O)N[C@H](Cc1ccccc1)C(=O)N1CCC[C@H]1C(=O)N[C@@H](CCCNc1ccccn1)B1O[C@@H]2CC3CC(C3(C)C)[C@]2(C)O1. The third-order valence-corrected chi connectivity index (χ3v) is 11.1. The molecule has 7 rings (SSSR count). The summed E-state index contributed by atoms with van der Waals surface area (Å²) in [5.74, 6) is 0.747. The van der Waals surface area contributed by atoms with Gasteiger partial charge in [0.25, 0.3) is 0 Å². The summed E-state index contributed by atoms with van der Waals surface area (Å²) in [5, 5.41) is 9.47. The summed E-state index contributed by atoms with van der Waals surface area (Å²) in [6.07, 6.45) is 6.92. The standard InChI is InChI=1S/C35H48BN5O5/c1-23(42)39-26(20-24-12-6-5-7-13-24)33(44)41-19-11-14-27(41)32(43)40-30(15-10-18-38-31-16-8-9-17-37-31)36-45-29-22-25-21-28(34(25,2)3)35(29,4)46-36/h5-9,12-13,16-17,25-30H,10-11,14-15,18-22H2,1-4H3,(H,37,38)(H,39,42)(H,40,43)/t25?,26-,27+,28?,29-,30+,35+/m1/s1. The third-order valence-electron chi connectivity index (χ3n) is 11.1. The number of amides is 3. The monoisotopic (exact) mass is 629 g/mol. The lowest BCUT2D eigenvalue weighted by atomic mass is 9.43. The van der Waals surface area contributed by atoms with E-state index in [1.165, 1.54) is 6.92 Å². The fourth-order valence-electron chi connectivity index (χ4n) is 8.43. The van der Waals surface area contributed by atoms with Gasteiger partial charge in [-0.1, -0.05) is 50.2 Å². The normalized spacial score (nSPS) is 28.9. The van der Waals surface area contributed by atoms with E-state index in [4.69, 9.17) is 9.31 Å². The van der Waals surface area contributed by atoms with Gasteiger partial charge in [-0.15, -0.1) is 0 Å². The Kier molecular flexibility index (Phi) is 9.44. The molecule has 2 aliphatic heterocycles. The first-order valence-corrected chi connectivity index (χ1v) is 17.0. The Morgan fingerprint density at radius 3 is 2.57 bits per heavy atom. The molecule has 246 valence electrons. The van der Waals surface area contributed by atoms with Gasteiger partial charge in [-0.25, -0.2) is 4.98 Å². The third kappa shape index (κ3) is 6.54. The van der Waals surface area contributed by atoms with Crippen molar-refractivity contribution in [2.45, 2.75) is 102 Å². The average Bonchev–Trinajstić information content (AvgIpc) is 3.67. The summed E-state index contributed by atoms with van der Waals surface area (Å²) in [5.41, 5.74) is 0.765. The number of carbonyl (C=O) groups excluding carboxylic acids is 3. The first-order chi connectivity index (χ1) is 22.1. The van der Waals surface area contributed by atoms with Gasteiger partial charge in [0.15, 0.2) is 0 Å². The van der Waals surface area contributed by atoms with Crippen molar-refractivity contribution in [3.05, 3.63) is 60.3 Å². The average molecular weight is 630 g/mol. The Labute approximate surface area is 272 Å². The molecule has 3 N–H and O–H groups in total. The molecule has 10 nitrogen and oxygen atoms in total. The molecular weight excluding hydrogens is 581 g/mol. The topological polar surface area (TPSA) is 122 Å². The quantitative estimate of drug-likeness (QED) is 0.242. The van der Waals surface area contributed by atoms with E-state index >= 15 is 0 Å². The molecule has 2 aromatic rings. The molecule has 2 unspecified atom stereocenters. The fourth-order valence-corrected chi connectivity index (χ4v) is 8.43. The predicted molar refractivity (Wildman–Crippen MR) is 176 cm³/mol. The summed E-state index contributed by atoms with van der Waals surface area (Å²) in [6.45, 7) is 9.43. The minimum absolute atomic E-state index is 0.00118. The molecule has 3 aliphatic carbocycles. The lowest BCUT2D eigenvalue weighted by Gasteiger charge is -2.64. The van der Waals surface area contributed by atoms with Gasteiger partial charge in [-0.05, 0) is 80.4 Å². The molecule has 2 bridgehead atoms. The van der Waals surface area contributed by atoms with E-state index in [0.29, 0.717) is 44.2 Å². The maximum absolute atomic E-state index is 14.0. The minimum atomic E-state index is -0.749. The van der Waals surface area contributed by atoms with E-state index in [-0.39, 0.29) is 35.2 Å². The highest BCUT2D eigenvalue weighted by molar-refractivity contribution is 6.48. The molecule has 5 aliphatic rings. The molecule has 0 spiro atoms. The fraction of sp³-hybridized carbons (Fsp3) is 0.600. The van der Waals surface area contributed by atoms with Crippen LogP contribution in [0.25, 0.3) is 0 Å². The van der Waals surface area contributed by atoms with Crippen LogP contribution in [0.2, 0.25) is 0 Å². The first-order valence-electron chi connectivity index (χ1n) is 17.0. The first kappa shape index (κ1) is 32.5. The number of hydrogen-bond donors (Lipinski definition) is 3. The second-order valence-electron chi connectivity index (χ2n) is 14.4. The van der Waals surface area contributed by atoms with Crippen LogP contribution in [0.1, 0.15) is 71.8 Å². The number of nitrogens with zero attached hydrogens (tertiary/aromatic N) is 2. The van der Waals surface area contributed by atoms with Crippen molar-refractivity contribution >= 4 is 30.7 Å². The molecule has 2 saturated heterocycles. The number of nitrogens with one attached hydrogen (secondary N) is 3. The van der Waals surface area contributed by atoms with Crippen molar-refractivity contribution < 1.29 is 23.7 Å². The van der Waals surface area contributed by atoms with Crippen LogP contribution >= 0.6 is 0 Å².